The van der Waals surface area contributed by atoms with Crippen LogP contribution in [0.1, 0.15) is 25.3 Å². The van der Waals surface area contributed by atoms with Crippen molar-refractivity contribution in [2.24, 2.45) is 7.05 Å². The third kappa shape index (κ3) is 3.89. The normalized spacial score (nSPS) is 14.0. The van der Waals surface area contributed by atoms with Crippen LogP contribution in [0.2, 0.25) is 5.02 Å². The van der Waals surface area contributed by atoms with Crippen molar-refractivity contribution in [2.75, 3.05) is 7.05 Å². The fourth-order valence-electron chi connectivity index (χ4n) is 4.77. The predicted molar refractivity (Wildman–Crippen MR) is 138 cm³/mol. The van der Waals surface area contributed by atoms with Crippen LogP contribution in [0.5, 0.6) is 5.75 Å². The zero-order chi connectivity index (χ0) is 25.8. The number of aromatic hydroxyl groups is 1. The Labute approximate surface area is 212 Å². The lowest BCUT2D eigenvalue weighted by atomic mass is 9.93. The van der Waals surface area contributed by atoms with E-state index in [1.807, 2.05) is 24.3 Å². The highest BCUT2D eigenvalue weighted by atomic mass is 35.5. The summed E-state index contributed by atoms with van der Waals surface area (Å²) >= 11 is 6.50. The van der Waals surface area contributed by atoms with Crippen LogP contribution >= 0.6 is 11.6 Å². The molecule has 1 N–H and O–H groups in total. The van der Waals surface area contributed by atoms with Gasteiger partial charge >= 0.3 is 5.69 Å². The molecule has 0 saturated heterocycles. The van der Waals surface area contributed by atoms with E-state index in [2.05, 4.69) is 0 Å². The fraction of sp³-hybridized carbons (Fsp3) is 0.214. The summed E-state index contributed by atoms with van der Waals surface area (Å²) in [6, 6.07) is 15.0. The van der Waals surface area contributed by atoms with Crippen molar-refractivity contribution in [3.8, 4) is 33.7 Å². The third-order valence-corrected chi connectivity index (χ3v) is 7.39. The maximum absolute atomic E-state index is 14.8. The van der Waals surface area contributed by atoms with Gasteiger partial charge in [-0.25, -0.2) is 9.18 Å². The van der Waals surface area contributed by atoms with Gasteiger partial charge in [0.2, 0.25) is 5.91 Å². The summed E-state index contributed by atoms with van der Waals surface area (Å²) in [7, 11) is 3.43. The lowest BCUT2D eigenvalue weighted by Crippen LogP contribution is -2.35. The van der Waals surface area contributed by atoms with Crippen LogP contribution in [0.4, 0.5) is 4.39 Å². The smallest absolute Gasteiger partial charge is 0.332 e. The lowest BCUT2D eigenvalue weighted by Gasteiger charge is -2.28. The molecule has 0 aliphatic heterocycles. The van der Waals surface area contributed by atoms with E-state index >= 15 is 0 Å². The summed E-state index contributed by atoms with van der Waals surface area (Å²) in [5.41, 5.74) is 2.60. The lowest BCUT2D eigenvalue weighted by molar-refractivity contribution is -0.130. The van der Waals surface area contributed by atoms with Crippen molar-refractivity contribution >= 4 is 17.5 Å². The number of rotatable bonds is 5. The molecule has 8 heteroatoms. The van der Waals surface area contributed by atoms with Crippen molar-refractivity contribution in [1.82, 2.24) is 14.0 Å². The second kappa shape index (κ2) is 8.68. The molecule has 0 spiro atoms. The first-order chi connectivity index (χ1) is 17.1. The molecule has 3 aromatic carbocycles. The summed E-state index contributed by atoms with van der Waals surface area (Å²) in [5.74, 6) is -0.615. The highest BCUT2D eigenvalue weighted by Crippen LogP contribution is 2.51. The second-order valence-corrected chi connectivity index (χ2v) is 9.67. The number of aromatic nitrogens is 2. The quantitative estimate of drug-likeness (QED) is 0.391. The number of phenolic OH excluding ortho intramolecular Hbond substituents is 1. The Morgan fingerprint density at radius 1 is 1.06 bits per heavy atom. The molecular formula is C28H25ClFN3O3. The van der Waals surface area contributed by atoms with Gasteiger partial charge in [0, 0.05) is 44.5 Å². The number of hydrogen-bond donors (Lipinski definition) is 1. The van der Waals surface area contributed by atoms with E-state index in [0.717, 1.165) is 18.4 Å². The van der Waals surface area contributed by atoms with Gasteiger partial charge < -0.3 is 14.6 Å². The molecule has 0 atom stereocenters. The molecule has 5 rings (SSSR count). The van der Waals surface area contributed by atoms with Crippen LogP contribution in [0.3, 0.4) is 0 Å². The SMILES string of the molecule is CC(=O)N(C)C1(c2cccc(-c3cc(F)cc(-c4ccc(-n5ccn(C)c5=O)c(Cl)c4)c3O)c2)CC1. The van der Waals surface area contributed by atoms with Gasteiger partial charge in [-0.3, -0.25) is 9.36 Å². The van der Waals surface area contributed by atoms with Crippen molar-refractivity contribution in [3.05, 3.63) is 93.9 Å². The standard InChI is InChI=1S/C28H25ClFN3O3/c1-17(34)32(3)28(9-10-28)20-6-4-5-18(13-20)22-15-21(30)16-23(26(22)35)19-7-8-25(24(29)14-19)33-12-11-31(2)27(33)36/h4-8,11-16,35H,9-10H2,1-3H3. The molecule has 0 unspecified atom stereocenters. The van der Waals surface area contributed by atoms with Crippen LogP contribution < -0.4 is 5.69 Å². The van der Waals surface area contributed by atoms with Crippen LogP contribution in [-0.4, -0.2) is 32.1 Å². The number of nitrogens with zero attached hydrogens (tertiary/aromatic N) is 3. The largest absolute Gasteiger partial charge is 0.507 e. The molecule has 6 nitrogen and oxygen atoms in total. The summed E-state index contributed by atoms with van der Waals surface area (Å²) in [6.07, 6.45) is 4.94. The minimum absolute atomic E-state index is 0.0214. The number of phenols is 1. The van der Waals surface area contributed by atoms with Crippen molar-refractivity contribution in [2.45, 2.75) is 25.3 Å². The minimum atomic E-state index is -0.510. The summed E-state index contributed by atoms with van der Waals surface area (Å²) < 4.78 is 17.7. The maximum Gasteiger partial charge on any atom is 0.332 e. The first-order valence-corrected chi connectivity index (χ1v) is 11.9. The number of amides is 1. The van der Waals surface area contributed by atoms with Crippen molar-refractivity contribution in [1.29, 1.82) is 0 Å². The van der Waals surface area contributed by atoms with Gasteiger partial charge in [-0.1, -0.05) is 35.9 Å². The first kappa shape index (κ1) is 23.9. The number of carbonyl (C=O) groups is 1. The molecule has 1 amide bonds. The van der Waals surface area contributed by atoms with Crippen LogP contribution in [0.15, 0.2) is 71.8 Å². The van der Waals surface area contributed by atoms with E-state index in [1.165, 1.54) is 21.3 Å². The van der Waals surface area contributed by atoms with Gasteiger partial charge in [0.25, 0.3) is 0 Å². The van der Waals surface area contributed by atoms with E-state index in [9.17, 15) is 19.1 Å². The summed E-state index contributed by atoms with van der Waals surface area (Å²) in [5, 5.41) is 11.5. The molecule has 1 aromatic heterocycles. The van der Waals surface area contributed by atoms with Gasteiger partial charge in [-0.15, -0.1) is 0 Å². The van der Waals surface area contributed by atoms with Crippen LogP contribution in [0.25, 0.3) is 27.9 Å². The molecular weight excluding hydrogens is 481 g/mol. The third-order valence-electron chi connectivity index (χ3n) is 7.09. The van der Waals surface area contributed by atoms with E-state index in [-0.39, 0.29) is 33.5 Å². The highest BCUT2D eigenvalue weighted by Gasteiger charge is 2.49. The number of halogens is 2. The van der Waals surface area contributed by atoms with Crippen molar-refractivity contribution < 1.29 is 14.3 Å². The number of aryl methyl sites for hydroxylation is 1. The monoisotopic (exact) mass is 505 g/mol. The second-order valence-electron chi connectivity index (χ2n) is 9.27. The number of hydrogen-bond acceptors (Lipinski definition) is 3. The van der Waals surface area contributed by atoms with Crippen LogP contribution in [-0.2, 0) is 17.4 Å². The fourth-order valence-corrected chi connectivity index (χ4v) is 5.04. The molecule has 0 radical (unpaired) electrons. The Balaban J connectivity index is 1.57. The van der Waals surface area contributed by atoms with E-state index in [1.54, 1.807) is 56.5 Å². The zero-order valence-corrected chi connectivity index (χ0v) is 20.9. The Morgan fingerprint density at radius 2 is 1.72 bits per heavy atom. The summed E-state index contributed by atoms with van der Waals surface area (Å²) in [4.78, 5) is 26.1. The van der Waals surface area contributed by atoms with E-state index in [0.29, 0.717) is 22.4 Å². The van der Waals surface area contributed by atoms with E-state index < -0.39 is 5.82 Å². The maximum atomic E-state index is 14.8. The Morgan fingerprint density at radius 3 is 2.28 bits per heavy atom. The van der Waals surface area contributed by atoms with Crippen molar-refractivity contribution in [3.63, 3.8) is 0 Å². The zero-order valence-electron chi connectivity index (χ0n) is 20.1. The van der Waals surface area contributed by atoms with Gasteiger partial charge in [-0.2, -0.15) is 0 Å². The average Bonchev–Trinajstić information content (AvgIpc) is 3.61. The highest BCUT2D eigenvalue weighted by molar-refractivity contribution is 6.32. The Bertz CT molecular complexity index is 1570. The van der Waals surface area contributed by atoms with Gasteiger partial charge in [0.05, 0.1) is 16.2 Å². The van der Waals surface area contributed by atoms with Gasteiger partial charge in [-0.05, 0) is 59.9 Å². The first-order valence-electron chi connectivity index (χ1n) is 11.5. The van der Waals surface area contributed by atoms with E-state index in [4.69, 9.17) is 11.6 Å². The molecule has 1 fully saturated rings. The Kier molecular flexibility index (Phi) is 5.75. The number of benzene rings is 3. The molecule has 0 bridgehead atoms. The average molecular weight is 506 g/mol. The minimum Gasteiger partial charge on any atom is -0.507 e. The number of carbonyl (C=O) groups excluding carboxylic acids is 1. The molecule has 1 saturated carbocycles. The molecule has 184 valence electrons. The molecule has 1 aliphatic rings. The van der Waals surface area contributed by atoms with Crippen LogP contribution in [0, 0.1) is 5.82 Å². The topological polar surface area (TPSA) is 67.5 Å². The predicted octanol–water partition coefficient (Wildman–Crippen LogP) is 5.48. The molecule has 36 heavy (non-hydrogen) atoms. The molecule has 1 aliphatic carbocycles. The molecule has 1 heterocycles. The Hall–Kier alpha value is -3.84. The molecule has 4 aromatic rings. The summed E-state index contributed by atoms with van der Waals surface area (Å²) in [6.45, 7) is 1.54. The van der Waals surface area contributed by atoms with Gasteiger partial charge in [0.15, 0.2) is 0 Å². The van der Waals surface area contributed by atoms with Gasteiger partial charge in [0.1, 0.15) is 11.6 Å². The number of imidazole rings is 1.